The summed E-state index contributed by atoms with van der Waals surface area (Å²) in [7, 11) is 0. The Hall–Kier alpha value is -2.19. The molecule has 168 valence electrons. The molecule has 0 radical (unpaired) electrons. The van der Waals surface area contributed by atoms with Crippen LogP contribution in [0.2, 0.25) is 5.02 Å². The molecular formula is C22H23ClF3NO3S. The smallest absolute Gasteiger partial charge is 0.408 e. The van der Waals surface area contributed by atoms with E-state index in [1.54, 1.807) is 75.4 Å². The number of hydrogen-bond donors (Lipinski definition) is 1. The highest BCUT2D eigenvalue weighted by Crippen LogP contribution is 2.39. The van der Waals surface area contributed by atoms with Crippen molar-refractivity contribution in [3.63, 3.8) is 0 Å². The third kappa shape index (κ3) is 8.10. The number of carbonyl (C=O) groups excluding carboxylic acids is 2. The Bertz CT molecular complexity index is 901. The molecule has 0 aliphatic heterocycles. The van der Waals surface area contributed by atoms with Gasteiger partial charge in [-0.05, 0) is 38.0 Å². The second-order valence-electron chi connectivity index (χ2n) is 7.76. The Morgan fingerprint density at radius 3 is 2.16 bits per heavy atom. The van der Waals surface area contributed by atoms with E-state index in [1.807, 2.05) is 0 Å². The number of nitrogens with one attached hydrogen (secondary N) is 1. The Labute approximate surface area is 188 Å². The third-order valence-electron chi connectivity index (χ3n) is 4.04. The van der Waals surface area contributed by atoms with Crippen molar-refractivity contribution in [2.75, 3.05) is 5.75 Å². The van der Waals surface area contributed by atoms with Gasteiger partial charge in [0.05, 0.1) is 17.7 Å². The maximum Gasteiger partial charge on any atom is 0.408 e. The minimum absolute atomic E-state index is 0.144. The predicted molar refractivity (Wildman–Crippen MR) is 116 cm³/mol. The molecule has 0 aliphatic carbocycles. The fraction of sp³-hybridized carbons (Fsp3) is 0.364. The third-order valence-corrected chi connectivity index (χ3v) is 5.39. The summed E-state index contributed by atoms with van der Waals surface area (Å²) in [5.74, 6) is -2.52. The van der Waals surface area contributed by atoms with Crippen molar-refractivity contribution in [1.29, 1.82) is 0 Å². The first kappa shape index (κ1) is 25.1. The van der Waals surface area contributed by atoms with Crippen molar-refractivity contribution in [2.24, 2.45) is 0 Å². The summed E-state index contributed by atoms with van der Waals surface area (Å²) in [6.45, 7) is 5.04. The van der Waals surface area contributed by atoms with Crippen LogP contribution in [0.4, 0.5) is 18.0 Å². The summed E-state index contributed by atoms with van der Waals surface area (Å²) in [5, 5.41) is 2.10. The minimum atomic E-state index is -4.52. The van der Waals surface area contributed by atoms with Crippen LogP contribution < -0.4 is 5.32 Å². The first-order valence-corrected chi connectivity index (χ1v) is 10.8. The molecule has 0 aliphatic rings. The van der Waals surface area contributed by atoms with Gasteiger partial charge in [-0.15, -0.1) is 0 Å². The summed E-state index contributed by atoms with van der Waals surface area (Å²) < 4.78 is 43.7. The van der Waals surface area contributed by atoms with Crippen LogP contribution in [0, 0.1) is 0 Å². The average molecular weight is 474 g/mol. The van der Waals surface area contributed by atoms with Crippen molar-refractivity contribution >= 4 is 34.6 Å². The molecule has 0 heterocycles. The molecular weight excluding hydrogens is 451 g/mol. The van der Waals surface area contributed by atoms with Crippen molar-refractivity contribution in [2.45, 2.75) is 44.5 Å². The van der Waals surface area contributed by atoms with Gasteiger partial charge in [-0.2, -0.15) is 13.2 Å². The van der Waals surface area contributed by atoms with E-state index in [1.165, 1.54) is 0 Å². The molecule has 0 fully saturated rings. The fourth-order valence-corrected chi connectivity index (χ4v) is 3.87. The monoisotopic (exact) mass is 473 g/mol. The van der Waals surface area contributed by atoms with E-state index in [-0.39, 0.29) is 16.8 Å². The molecule has 1 amide bonds. The van der Waals surface area contributed by atoms with Gasteiger partial charge in [0.1, 0.15) is 5.60 Å². The minimum Gasteiger partial charge on any atom is -0.444 e. The van der Waals surface area contributed by atoms with Crippen LogP contribution in [0.1, 0.15) is 43.9 Å². The van der Waals surface area contributed by atoms with E-state index in [0.717, 1.165) is 0 Å². The maximum atomic E-state index is 13.0. The number of hydrogen-bond acceptors (Lipinski definition) is 4. The molecule has 9 heteroatoms. The highest BCUT2D eigenvalue weighted by atomic mass is 35.5. The number of alkyl carbamates (subject to hydrolysis) is 1. The van der Waals surface area contributed by atoms with Gasteiger partial charge in [0.25, 0.3) is 0 Å². The summed E-state index contributed by atoms with van der Waals surface area (Å²) in [6, 6.07) is 13.9. The lowest BCUT2D eigenvalue weighted by molar-refractivity contribution is -0.115. The van der Waals surface area contributed by atoms with Crippen molar-refractivity contribution in [3.05, 3.63) is 70.7 Å². The summed E-state index contributed by atoms with van der Waals surface area (Å²) in [5.41, 5.74) is 0.0354. The quantitative estimate of drug-likeness (QED) is 0.519. The lowest BCUT2D eigenvalue weighted by Gasteiger charge is -2.29. The van der Waals surface area contributed by atoms with Crippen LogP contribution in [-0.2, 0) is 9.53 Å². The molecule has 0 saturated carbocycles. The number of halogens is 4. The molecule has 2 atom stereocenters. The Kier molecular flexibility index (Phi) is 8.42. The van der Waals surface area contributed by atoms with E-state index < -0.39 is 40.7 Å². The summed E-state index contributed by atoms with van der Waals surface area (Å²) in [6.07, 6.45) is -5.32. The normalized spacial score (nSPS) is 13.9. The predicted octanol–water partition coefficient (Wildman–Crippen LogP) is 6.51. The first-order valence-electron chi connectivity index (χ1n) is 9.39. The Morgan fingerprint density at radius 1 is 1.03 bits per heavy atom. The van der Waals surface area contributed by atoms with E-state index in [4.69, 9.17) is 16.3 Å². The number of carbonyl (C=O) groups is 2. The first-order chi connectivity index (χ1) is 14.4. The van der Waals surface area contributed by atoms with Gasteiger partial charge in [-0.3, -0.25) is 4.79 Å². The standard InChI is InChI=1S/C22H23ClF3NO3S/c1-21(2,3)30-20(29)27-18(14-9-5-4-6-10-14)17(15-11-7-8-12-16(15)23)19(28)31-13-22(24,25)26/h4-12,17-18H,13H2,1-3H3,(H,27,29)/t17-,18+/m1/s1. The van der Waals surface area contributed by atoms with Crippen LogP contribution in [-0.4, -0.2) is 28.7 Å². The number of amides is 1. The zero-order valence-corrected chi connectivity index (χ0v) is 18.8. The second-order valence-corrected chi connectivity index (χ2v) is 9.14. The molecule has 0 saturated heterocycles. The number of benzene rings is 2. The summed E-state index contributed by atoms with van der Waals surface area (Å²) in [4.78, 5) is 25.6. The Balaban J connectivity index is 2.50. The van der Waals surface area contributed by atoms with Crippen LogP contribution in [0.5, 0.6) is 0 Å². The van der Waals surface area contributed by atoms with Gasteiger partial charge < -0.3 is 10.1 Å². The van der Waals surface area contributed by atoms with Gasteiger partial charge >= 0.3 is 12.3 Å². The van der Waals surface area contributed by atoms with E-state index in [9.17, 15) is 22.8 Å². The van der Waals surface area contributed by atoms with Crippen LogP contribution in [0.15, 0.2) is 54.6 Å². The number of ether oxygens (including phenoxy) is 1. The topological polar surface area (TPSA) is 55.4 Å². The van der Waals surface area contributed by atoms with Crippen molar-refractivity contribution in [3.8, 4) is 0 Å². The van der Waals surface area contributed by atoms with Crippen LogP contribution in [0.3, 0.4) is 0 Å². The molecule has 4 nitrogen and oxygen atoms in total. The van der Waals surface area contributed by atoms with Crippen molar-refractivity contribution < 1.29 is 27.5 Å². The van der Waals surface area contributed by atoms with Gasteiger partial charge in [0, 0.05) is 5.02 Å². The maximum absolute atomic E-state index is 13.0. The van der Waals surface area contributed by atoms with Gasteiger partial charge in [0.2, 0.25) is 0 Å². The SMILES string of the molecule is CC(C)(C)OC(=O)N[C@@H](c1ccccc1)[C@H](C(=O)SCC(F)(F)F)c1ccccc1Cl. The average Bonchev–Trinajstić information content (AvgIpc) is 2.66. The van der Waals surface area contributed by atoms with E-state index >= 15 is 0 Å². The zero-order valence-electron chi connectivity index (χ0n) is 17.2. The molecule has 31 heavy (non-hydrogen) atoms. The second kappa shape index (κ2) is 10.4. The lowest BCUT2D eigenvalue weighted by atomic mass is 9.88. The molecule has 0 bridgehead atoms. The van der Waals surface area contributed by atoms with Crippen LogP contribution in [0.25, 0.3) is 0 Å². The largest absolute Gasteiger partial charge is 0.444 e. The molecule has 2 aromatic carbocycles. The molecule has 1 N–H and O–H groups in total. The van der Waals surface area contributed by atoms with E-state index in [0.29, 0.717) is 11.1 Å². The number of rotatable bonds is 6. The molecule has 0 unspecified atom stereocenters. The van der Waals surface area contributed by atoms with Crippen LogP contribution >= 0.6 is 23.4 Å². The van der Waals surface area contributed by atoms with Gasteiger partial charge in [-0.25, -0.2) is 4.79 Å². The molecule has 2 aromatic rings. The molecule has 0 spiro atoms. The number of alkyl halides is 3. The molecule has 0 aromatic heterocycles. The van der Waals surface area contributed by atoms with Crippen molar-refractivity contribution in [1.82, 2.24) is 5.32 Å². The highest BCUT2D eigenvalue weighted by molar-refractivity contribution is 8.13. The highest BCUT2D eigenvalue weighted by Gasteiger charge is 2.37. The van der Waals surface area contributed by atoms with Gasteiger partial charge in [0.15, 0.2) is 5.12 Å². The Morgan fingerprint density at radius 2 is 1.61 bits per heavy atom. The number of thioether (sulfide) groups is 1. The van der Waals surface area contributed by atoms with E-state index in [2.05, 4.69) is 5.32 Å². The molecule has 2 rings (SSSR count). The van der Waals surface area contributed by atoms with Gasteiger partial charge in [-0.1, -0.05) is 71.9 Å². The zero-order chi connectivity index (χ0) is 23.2. The summed E-state index contributed by atoms with van der Waals surface area (Å²) >= 11 is 6.44. The lowest BCUT2D eigenvalue weighted by Crippen LogP contribution is -2.39. The fourth-order valence-electron chi connectivity index (χ4n) is 2.87.